The van der Waals surface area contributed by atoms with Crippen LogP contribution in [0.3, 0.4) is 0 Å². The van der Waals surface area contributed by atoms with E-state index in [4.69, 9.17) is 10.5 Å². The molecule has 0 aliphatic heterocycles. The summed E-state index contributed by atoms with van der Waals surface area (Å²) in [5.41, 5.74) is 9.53. The van der Waals surface area contributed by atoms with E-state index in [0.29, 0.717) is 30.1 Å². The van der Waals surface area contributed by atoms with E-state index in [1.165, 1.54) is 6.07 Å². The van der Waals surface area contributed by atoms with Gasteiger partial charge in [0.2, 0.25) is 0 Å². The average molecular weight is 348 g/mol. The maximum atomic E-state index is 14.5. The van der Waals surface area contributed by atoms with Gasteiger partial charge in [-0.3, -0.25) is 9.38 Å². The summed E-state index contributed by atoms with van der Waals surface area (Å²) in [4.78, 5) is 8.58. The highest BCUT2D eigenvalue weighted by atomic mass is 19.1. The molecule has 2 aromatic heterocycles. The first kappa shape index (κ1) is 16.2. The Morgan fingerprint density at radius 1 is 1.08 bits per heavy atom. The molecule has 0 bridgehead atoms. The number of ether oxygens (including phenoxy) is 1. The van der Waals surface area contributed by atoms with Gasteiger partial charge in [0.05, 0.1) is 17.6 Å². The number of aromatic nitrogens is 3. The molecule has 0 amide bonds. The fourth-order valence-electron chi connectivity index (χ4n) is 2.84. The largest absolute Gasteiger partial charge is 0.486 e. The Balaban J connectivity index is 1.62. The van der Waals surface area contributed by atoms with Gasteiger partial charge >= 0.3 is 0 Å². The summed E-state index contributed by atoms with van der Waals surface area (Å²) in [6.07, 6.45) is 5.14. The number of nitrogens with zero attached hydrogens (tertiary/aromatic N) is 3. The van der Waals surface area contributed by atoms with Gasteiger partial charge in [0.25, 0.3) is 0 Å². The van der Waals surface area contributed by atoms with Gasteiger partial charge in [0, 0.05) is 24.5 Å². The predicted octanol–water partition coefficient (Wildman–Crippen LogP) is 3.57. The molecule has 26 heavy (non-hydrogen) atoms. The van der Waals surface area contributed by atoms with Crippen molar-refractivity contribution in [2.24, 2.45) is 5.73 Å². The van der Waals surface area contributed by atoms with Crippen molar-refractivity contribution in [3.63, 3.8) is 0 Å². The van der Waals surface area contributed by atoms with Crippen LogP contribution in [0.5, 0.6) is 5.75 Å². The molecule has 0 atom stereocenters. The molecule has 0 spiro atoms. The molecular formula is C20H17FN4O. The Labute approximate surface area is 149 Å². The summed E-state index contributed by atoms with van der Waals surface area (Å²) in [6, 6.07) is 14.6. The molecule has 130 valence electrons. The summed E-state index contributed by atoms with van der Waals surface area (Å²) in [5, 5.41) is 0. The van der Waals surface area contributed by atoms with Gasteiger partial charge < -0.3 is 10.5 Å². The predicted molar refractivity (Wildman–Crippen MR) is 97.0 cm³/mol. The number of nitrogens with two attached hydrogens (primary N) is 1. The summed E-state index contributed by atoms with van der Waals surface area (Å²) in [6.45, 7) is 0.611. The van der Waals surface area contributed by atoms with Crippen LogP contribution in [0.1, 0.15) is 11.3 Å². The lowest BCUT2D eigenvalue weighted by atomic mass is 10.1. The van der Waals surface area contributed by atoms with Gasteiger partial charge in [-0.1, -0.05) is 30.3 Å². The fourth-order valence-corrected chi connectivity index (χ4v) is 2.84. The zero-order chi connectivity index (χ0) is 17.9. The van der Waals surface area contributed by atoms with Crippen LogP contribution in [0.25, 0.3) is 16.9 Å². The number of imidazole rings is 1. The van der Waals surface area contributed by atoms with Gasteiger partial charge in [-0.25, -0.2) is 9.37 Å². The second kappa shape index (κ2) is 6.93. The van der Waals surface area contributed by atoms with Crippen molar-refractivity contribution in [2.75, 3.05) is 0 Å². The maximum Gasteiger partial charge on any atom is 0.165 e. The molecular weight excluding hydrogens is 331 g/mol. The highest BCUT2D eigenvalue weighted by Gasteiger charge is 2.12. The molecule has 4 aromatic rings. The normalized spacial score (nSPS) is 11.0. The van der Waals surface area contributed by atoms with Gasteiger partial charge in [0.1, 0.15) is 6.61 Å². The first-order valence-corrected chi connectivity index (χ1v) is 8.24. The monoisotopic (exact) mass is 348 g/mol. The van der Waals surface area contributed by atoms with Crippen LogP contribution in [0, 0.1) is 5.82 Å². The quantitative estimate of drug-likeness (QED) is 0.599. The topological polar surface area (TPSA) is 65.4 Å². The minimum Gasteiger partial charge on any atom is -0.486 e. The van der Waals surface area contributed by atoms with E-state index >= 15 is 0 Å². The van der Waals surface area contributed by atoms with Crippen LogP contribution in [-0.4, -0.2) is 14.4 Å². The zero-order valence-electron chi connectivity index (χ0n) is 14.0. The molecule has 6 heteroatoms. The van der Waals surface area contributed by atoms with Crippen LogP contribution in [0.15, 0.2) is 67.1 Å². The van der Waals surface area contributed by atoms with E-state index < -0.39 is 5.82 Å². The number of rotatable bonds is 5. The second-order valence-corrected chi connectivity index (χ2v) is 5.83. The van der Waals surface area contributed by atoms with E-state index in [9.17, 15) is 4.39 Å². The first-order chi connectivity index (χ1) is 12.8. The maximum absolute atomic E-state index is 14.5. The van der Waals surface area contributed by atoms with E-state index in [1.807, 2.05) is 40.8 Å². The highest BCUT2D eigenvalue weighted by molar-refractivity contribution is 5.65. The number of benzene rings is 2. The second-order valence-electron chi connectivity index (χ2n) is 5.83. The SMILES string of the molecule is NCc1nccn2c(-c3ccc(OCc4ccccc4)c(F)c3)cnc12. The van der Waals surface area contributed by atoms with E-state index in [2.05, 4.69) is 9.97 Å². The van der Waals surface area contributed by atoms with Gasteiger partial charge in [-0.15, -0.1) is 0 Å². The molecule has 0 radical (unpaired) electrons. The first-order valence-electron chi connectivity index (χ1n) is 8.24. The molecule has 0 aliphatic carbocycles. The van der Waals surface area contributed by atoms with E-state index in [1.54, 1.807) is 24.7 Å². The Bertz CT molecular complexity index is 1050. The summed E-state index contributed by atoms with van der Waals surface area (Å²) in [7, 11) is 0. The van der Waals surface area contributed by atoms with Gasteiger partial charge in [-0.2, -0.15) is 0 Å². The molecule has 5 nitrogen and oxygen atoms in total. The zero-order valence-corrected chi connectivity index (χ0v) is 14.0. The summed E-state index contributed by atoms with van der Waals surface area (Å²) >= 11 is 0. The molecule has 4 rings (SSSR count). The summed E-state index contributed by atoms with van der Waals surface area (Å²) < 4.78 is 22.0. The number of fused-ring (bicyclic) bond motifs is 1. The van der Waals surface area contributed by atoms with Crippen LogP contribution in [0.2, 0.25) is 0 Å². The number of hydrogen-bond acceptors (Lipinski definition) is 4. The Kier molecular flexibility index (Phi) is 4.33. The minimum atomic E-state index is -0.415. The van der Waals surface area contributed by atoms with Crippen molar-refractivity contribution in [3.8, 4) is 17.0 Å². The van der Waals surface area contributed by atoms with E-state index in [-0.39, 0.29) is 5.75 Å². The lowest BCUT2D eigenvalue weighted by Gasteiger charge is -2.09. The Morgan fingerprint density at radius 3 is 2.69 bits per heavy atom. The van der Waals surface area contributed by atoms with Crippen LogP contribution in [-0.2, 0) is 13.2 Å². The third-order valence-corrected chi connectivity index (χ3v) is 4.16. The molecule has 0 fully saturated rings. The van der Waals surface area contributed by atoms with Crippen molar-refractivity contribution in [1.29, 1.82) is 0 Å². The van der Waals surface area contributed by atoms with Crippen LogP contribution < -0.4 is 10.5 Å². The highest BCUT2D eigenvalue weighted by Crippen LogP contribution is 2.27. The molecule has 2 heterocycles. The molecule has 2 aromatic carbocycles. The van der Waals surface area contributed by atoms with Crippen molar-refractivity contribution in [1.82, 2.24) is 14.4 Å². The van der Waals surface area contributed by atoms with Crippen LogP contribution in [0.4, 0.5) is 4.39 Å². The third-order valence-electron chi connectivity index (χ3n) is 4.16. The summed E-state index contributed by atoms with van der Waals surface area (Å²) in [5.74, 6) is -0.197. The third kappa shape index (κ3) is 3.02. The Morgan fingerprint density at radius 2 is 1.92 bits per heavy atom. The van der Waals surface area contributed by atoms with Crippen molar-refractivity contribution in [3.05, 3.63) is 84.2 Å². The fraction of sp³-hybridized carbons (Fsp3) is 0.100. The van der Waals surface area contributed by atoms with Gasteiger partial charge in [-0.05, 0) is 23.8 Å². The van der Waals surface area contributed by atoms with E-state index in [0.717, 1.165) is 11.3 Å². The standard InChI is InChI=1S/C20H17FN4O/c21-16-10-15(6-7-19(16)26-13-14-4-2-1-3-5-14)18-12-24-20-17(11-22)23-8-9-25(18)20/h1-10,12H,11,13,22H2. The molecule has 0 saturated heterocycles. The Hall–Kier alpha value is -3.25. The molecule has 0 unspecified atom stereocenters. The minimum absolute atomic E-state index is 0.218. The van der Waals surface area contributed by atoms with Crippen molar-refractivity contribution >= 4 is 5.65 Å². The smallest absolute Gasteiger partial charge is 0.165 e. The average Bonchev–Trinajstić information content (AvgIpc) is 3.12. The lowest BCUT2D eigenvalue weighted by Crippen LogP contribution is -2.03. The number of hydrogen-bond donors (Lipinski definition) is 1. The molecule has 0 saturated carbocycles. The molecule has 0 aliphatic rings. The van der Waals surface area contributed by atoms with Crippen molar-refractivity contribution < 1.29 is 9.13 Å². The van der Waals surface area contributed by atoms with Gasteiger partial charge in [0.15, 0.2) is 17.2 Å². The molecule has 2 N–H and O–H groups in total. The van der Waals surface area contributed by atoms with Crippen LogP contribution >= 0.6 is 0 Å². The lowest BCUT2D eigenvalue weighted by molar-refractivity contribution is 0.290. The number of halogens is 1. The van der Waals surface area contributed by atoms with Crippen molar-refractivity contribution in [2.45, 2.75) is 13.2 Å².